The van der Waals surface area contributed by atoms with Crippen molar-refractivity contribution in [2.75, 3.05) is 0 Å². The van der Waals surface area contributed by atoms with Crippen LogP contribution in [-0.2, 0) is 5.41 Å². The molecule has 202 valence electrons. The number of furan rings is 1. The van der Waals surface area contributed by atoms with Crippen molar-refractivity contribution in [1.82, 2.24) is 9.55 Å². The first kappa shape index (κ1) is 24.6. The molecule has 5 aromatic carbocycles. The summed E-state index contributed by atoms with van der Waals surface area (Å²) in [7, 11) is 0. The summed E-state index contributed by atoms with van der Waals surface area (Å²) in [6.07, 6.45) is 1.95. The Labute approximate surface area is 244 Å². The van der Waals surface area contributed by atoms with Gasteiger partial charge in [0.25, 0.3) is 0 Å². The zero-order valence-corrected chi connectivity index (χ0v) is 23.9. The van der Waals surface area contributed by atoms with Gasteiger partial charge in [0.2, 0.25) is 0 Å². The lowest BCUT2D eigenvalue weighted by Gasteiger charge is -2.23. The van der Waals surface area contributed by atoms with E-state index in [1.54, 1.807) is 0 Å². The summed E-state index contributed by atoms with van der Waals surface area (Å²) < 4.78 is 8.65. The lowest BCUT2D eigenvalue weighted by atomic mass is 9.82. The second-order valence-electron chi connectivity index (χ2n) is 12.1. The van der Waals surface area contributed by atoms with Gasteiger partial charge in [0.05, 0.1) is 16.7 Å². The largest absolute Gasteiger partial charge is 0.456 e. The first-order valence-corrected chi connectivity index (χ1v) is 14.5. The average Bonchev–Trinajstić information content (AvgIpc) is 3.59. The smallest absolute Gasteiger partial charge is 0.135 e. The van der Waals surface area contributed by atoms with E-state index >= 15 is 0 Å². The lowest BCUT2D eigenvalue weighted by Crippen LogP contribution is -2.12. The van der Waals surface area contributed by atoms with Crippen molar-refractivity contribution >= 4 is 43.5 Å². The van der Waals surface area contributed by atoms with Gasteiger partial charge in [-0.2, -0.15) is 0 Å². The minimum absolute atomic E-state index is 0.0167. The van der Waals surface area contributed by atoms with E-state index in [4.69, 9.17) is 9.40 Å². The van der Waals surface area contributed by atoms with Gasteiger partial charge < -0.3 is 8.98 Å². The fraction of sp³-hybridized carbons (Fsp3) is 0.103. The Morgan fingerprint density at radius 2 is 1.38 bits per heavy atom. The molecule has 3 nitrogen and oxygen atoms in total. The van der Waals surface area contributed by atoms with Gasteiger partial charge in [-0.1, -0.05) is 93.6 Å². The topological polar surface area (TPSA) is 31.0 Å². The minimum atomic E-state index is -0.0167. The highest BCUT2D eigenvalue weighted by molar-refractivity contribution is 6.14. The van der Waals surface area contributed by atoms with Crippen molar-refractivity contribution in [2.24, 2.45) is 0 Å². The summed E-state index contributed by atoms with van der Waals surface area (Å²) in [5, 5.41) is 6.00. The Hall–Kier alpha value is -5.15. The zero-order valence-electron chi connectivity index (χ0n) is 23.9. The minimum Gasteiger partial charge on any atom is -0.456 e. The number of hydrogen-bond acceptors (Lipinski definition) is 2. The maximum absolute atomic E-state index is 6.28. The third-order valence-electron chi connectivity index (χ3n) is 8.34. The molecule has 3 heteroatoms. The van der Waals surface area contributed by atoms with Gasteiger partial charge in [0, 0.05) is 39.2 Å². The average molecular weight is 543 g/mol. The highest BCUT2D eigenvalue weighted by Crippen LogP contribution is 2.41. The molecule has 8 aromatic rings. The van der Waals surface area contributed by atoms with Crippen LogP contribution in [0.5, 0.6) is 0 Å². The van der Waals surface area contributed by atoms with Crippen LogP contribution < -0.4 is 0 Å². The SMILES string of the molecule is CC(C)(C)c1cc(-c2nccc3c4ccc(-c5cc6ccccc6o5)cc4n(-c4ccccc4)c23)cc2ccccc12. The molecule has 0 aliphatic rings. The molecule has 42 heavy (non-hydrogen) atoms. The summed E-state index contributed by atoms with van der Waals surface area (Å²) in [6.45, 7) is 6.85. The Balaban J connectivity index is 1.45. The van der Waals surface area contributed by atoms with Gasteiger partial charge in [-0.25, -0.2) is 0 Å². The molecule has 0 N–H and O–H groups in total. The summed E-state index contributed by atoms with van der Waals surface area (Å²) in [5.41, 5.74) is 8.69. The van der Waals surface area contributed by atoms with Crippen LogP contribution in [0.1, 0.15) is 26.3 Å². The number of fused-ring (bicyclic) bond motifs is 5. The molecule has 0 fully saturated rings. The predicted molar refractivity (Wildman–Crippen MR) is 175 cm³/mol. The Morgan fingerprint density at radius 3 is 2.19 bits per heavy atom. The van der Waals surface area contributed by atoms with Crippen molar-refractivity contribution in [2.45, 2.75) is 26.2 Å². The number of para-hydroxylation sites is 2. The highest BCUT2D eigenvalue weighted by atomic mass is 16.3. The third kappa shape index (κ3) is 3.85. The number of benzene rings is 5. The third-order valence-corrected chi connectivity index (χ3v) is 8.34. The maximum Gasteiger partial charge on any atom is 0.135 e. The highest BCUT2D eigenvalue weighted by Gasteiger charge is 2.22. The molecular weight excluding hydrogens is 512 g/mol. The molecule has 0 aliphatic heterocycles. The molecular formula is C39H30N2O. The molecule has 3 heterocycles. The van der Waals surface area contributed by atoms with Gasteiger partial charge in [-0.15, -0.1) is 0 Å². The molecule has 0 bridgehead atoms. The molecule has 0 saturated carbocycles. The molecule has 3 aromatic heterocycles. The second-order valence-corrected chi connectivity index (χ2v) is 12.1. The van der Waals surface area contributed by atoms with E-state index in [1.165, 1.54) is 27.1 Å². The number of nitrogens with zero attached hydrogens (tertiary/aromatic N) is 2. The van der Waals surface area contributed by atoms with E-state index in [1.807, 2.05) is 24.4 Å². The van der Waals surface area contributed by atoms with E-state index in [-0.39, 0.29) is 5.41 Å². The van der Waals surface area contributed by atoms with Crippen LogP contribution in [0.4, 0.5) is 0 Å². The first-order valence-electron chi connectivity index (χ1n) is 14.5. The van der Waals surface area contributed by atoms with Crippen LogP contribution in [0, 0.1) is 0 Å². The Morgan fingerprint density at radius 1 is 0.619 bits per heavy atom. The van der Waals surface area contributed by atoms with E-state index in [0.717, 1.165) is 50.3 Å². The predicted octanol–water partition coefficient (Wildman–Crippen LogP) is 10.7. The van der Waals surface area contributed by atoms with Crippen LogP contribution in [0.15, 0.2) is 132 Å². The van der Waals surface area contributed by atoms with Crippen LogP contribution in [-0.4, -0.2) is 9.55 Å². The van der Waals surface area contributed by atoms with Crippen molar-refractivity contribution in [3.63, 3.8) is 0 Å². The van der Waals surface area contributed by atoms with Crippen LogP contribution in [0.25, 0.3) is 71.8 Å². The quantitative estimate of drug-likeness (QED) is 0.222. The second kappa shape index (κ2) is 9.19. The standard InChI is InChI=1S/C39H30N2O/c1-39(2,3)33-22-28(21-25-11-7-9-15-30(25)33)37-38-32(19-20-40-37)31-18-17-27(36-24-26-12-8-10-16-35(26)42-36)23-34(31)41(38)29-13-5-4-6-14-29/h4-24H,1-3H3. The summed E-state index contributed by atoms with van der Waals surface area (Å²) >= 11 is 0. The fourth-order valence-electron chi connectivity index (χ4n) is 6.36. The molecule has 8 rings (SSSR count). The van der Waals surface area contributed by atoms with Gasteiger partial charge >= 0.3 is 0 Å². The summed E-state index contributed by atoms with van der Waals surface area (Å²) in [6, 6.07) is 43.0. The van der Waals surface area contributed by atoms with E-state index < -0.39 is 0 Å². The van der Waals surface area contributed by atoms with Crippen molar-refractivity contribution in [3.05, 3.63) is 133 Å². The number of rotatable bonds is 3. The number of pyridine rings is 1. The van der Waals surface area contributed by atoms with E-state index in [0.29, 0.717) is 0 Å². The van der Waals surface area contributed by atoms with Crippen LogP contribution >= 0.6 is 0 Å². The van der Waals surface area contributed by atoms with Crippen LogP contribution in [0.2, 0.25) is 0 Å². The zero-order chi connectivity index (χ0) is 28.4. The molecule has 0 amide bonds. The van der Waals surface area contributed by atoms with Crippen molar-refractivity contribution in [1.29, 1.82) is 0 Å². The molecule has 0 saturated heterocycles. The molecule has 0 unspecified atom stereocenters. The molecule has 0 spiro atoms. The maximum atomic E-state index is 6.28. The van der Waals surface area contributed by atoms with Gasteiger partial charge in [-0.3, -0.25) is 4.98 Å². The van der Waals surface area contributed by atoms with Gasteiger partial charge in [0.15, 0.2) is 0 Å². The lowest BCUT2D eigenvalue weighted by molar-refractivity contribution is 0.596. The first-order chi connectivity index (χ1) is 20.5. The van der Waals surface area contributed by atoms with Crippen molar-refractivity contribution in [3.8, 4) is 28.3 Å². The number of aromatic nitrogens is 2. The Kier molecular flexibility index (Phi) is 5.39. The fourth-order valence-corrected chi connectivity index (χ4v) is 6.36. The van der Waals surface area contributed by atoms with Gasteiger partial charge in [-0.05, 0) is 70.3 Å². The monoisotopic (exact) mass is 542 g/mol. The Bertz CT molecular complexity index is 2250. The van der Waals surface area contributed by atoms with E-state index in [2.05, 4.69) is 128 Å². The molecule has 0 radical (unpaired) electrons. The van der Waals surface area contributed by atoms with E-state index in [9.17, 15) is 0 Å². The van der Waals surface area contributed by atoms with Crippen molar-refractivity contribution < 1.29 is 4.42 Å². The normalized spacial score (nSPS) is 12.2. The number of hydrogen-bond donors (Lipinski definition) is 0. The molecule has 0 atom stereocenters. The summed E-state index contributed by atoms with van der Waals surface area (Å²) in [4.78, 5) is 5.06. The van der Waals surface area contributed by atoms with Crippen LogP contribution in [0.3, 0.4) is 0 Å². The van der Waals surface area contributed by atoms with Gasteiger partial charge in [0.1, 0.15) is 11.3 Å². The molecule has 0 aliphatic carbocycles. The summed E-state index contributed by atoms with van der Waals surface area (Å²) in [5.74, 6) is 0.866.